The second-order valence-electron chi connectivity index (χ2n) is 9.30. The lowest BCUT2D eigenvalue weighted by Gasteiger charge is -2.67. The normalized spacial score (nSPS) is 55.7. The SMILES string of the molecule is C=C1C[C@]23CC[C@H]1C[C@H]2[C@]1(C)CCC[C@@](C)(C=O)[C@H]1CC3. The van der Waals surface area contributed by atoms with Gasteiger partial charge in [0.05, 0.1) is 0 Å². The molecule has 1 nitrogen and oxygen atoms in total. The molecule has 0 unspecified atom stereocenters. The van der Waals surface area contributed by atoms with Crippen LogP contribution in [0.15, 0.2) is 12.2 Å². The largest absolute Gasteiger partial charge is 0.303 e. The molecule has 0 aromatic heterocycles. The Hall–Kier alpha value is -0.590. The molecule has 6 atom stereocenters. The van der Waals surface area contributed by atoms with Crippen LogP contribution in [0.3, 0.4) is 0 Å². The predicted molar refractivity (Wildman–Crippen MR) is 85.9 cm³/mol. The van der Waals surface area contributed by atoms with Crippen molar-refractivity contribution in [3.63, 3.8) is 0 Å². The fraction of sp³-hybridized carbons (Fsp3) is 0.850. The van der Waals surface area contributed by atoms with Gasteiger partial charge < -0.3 is 4.79 Å². The molecule has 2 bridgehead atoms. The van der Waals surface area contributed by atoms with Gasteiger partial charge in [-0.1, -0.05) is 32.4 Å². The lowest BCUT2D eigenvalue weighted by Crippen LogP contribution is -2.60. The summed E-state index contributed by atoms with van der Waals surface area (Å²) in [5.74, 6) is 2.27. The summed E-state index contributed by atoms with van der Waals surface area (Å²) in [6, 6.07) is 0. The second-order valence-corrected chi connectivity index (χ2v) is 9.30. The van der Waals surface area contributed by atoms with Gasteiger partial charge in [0.1, 0.15) is 6.29 Å². The summed E-state index contributed by atoms with van der Waals surface area (Å²) >= 11 is 0. The average Bonchev–Trinajstić information content (AvgIpc) is 2.46. The third-order valence-electron chi connectivity index (χ3n) is 8.43. The molecule has 5 aliphatic carbocycles. The second kappa shape index (κ2) is 4.24. The lowest BCUT2D eigenvalue weighted by molar-refractivity contribution is -0.172. The zero-order valence-electron chi connectivity index (χ0n) is 13.8. The maximum Gasteiger partial charge on any atom is 0.126 e. The number of hydrogen-bond acceptors (Lipinski definition) is 1. The van der Waals surface area contributed by atoms with Gasteiger partial charge in [-0.25, -0.2) is 0 Å². The van der Waals surface area contributed by atoms with E-state index in [0.29, 0.717) is 16.7 Å². The Morgan fingerprint density at radius 2 is 1.86 bits per heavy atom. The number of hydrogen-bond donors (Lipinski definition) is 0. The first kappa shape index (κ1) is 14.0. The molecule has 5 aliphatic rings. The van der Waals surface area contributed by atoms with Gasteiger partial charge in [0.2, 0.25) is 0 Å². The van der Waals surface area contributed by atoms with Crippen LogP contribution in [0.5, 0.6) is 0 Å². The van der Waals surface area contributed by atoms with E-state index in [0.717, 1.165) is 18.3 Å². The van der Waals surface area contributed by atoms with E-state index in [4.69, 9.17) is 0 Å². The Morgan fingerprint density at radius 1 is 1.10 bits per heavy atom. The molecule has 0 amide bonds. The molecule has 0 heterocycles. The fourth-order valence-corrected chi connectivity index (χ4v) is 7.42. The highest BCUT2D eigenvalue weighted by Crippen LogP contribution is 2.71. The number of fused-ring (bicyclic) bond motifs is 3. The number of aldehydes is 1. The summed E-state index contributed by atoms with van der Waals surface area (Å²) in [6.45, 7) is 9.20. The number of carbonyl (C=O) groups excluding carboxylic acids is 1. The molecule has 0 aromatic rings. The van der Waals surface area contributed by atoms with Gasteiger partial charge in [-0.3, -0.25) is 0 Å². The molecule has 0 N–H and O–H groups in total. The van der Waals surface area contributed by atoms with Crippen LogP contribution < -0.4 is 0 Å². The van der Waals surface area contributed by atoms with Gasteiger partial charge in [0.15, 0.2) is 0 Å². The highest BCUT2D eigenvalue weighted by molar-refractivity contribution is 5.60. The first-order valence-electron chi connectivity index (χ1n) is 9.08. The summed E-state index contributed by atoms with van der Waals surface area (Å²) in [6.07, 6.45) is 13.2. The molecule has 116 valence electrons. The molecule has 0 saturated heterocycles. The van der Waals surface area contributed by atoms with Crippen LogP contribution in [0.1, 0.15) is 71.6 Å². The van der Waals surface area contributed by atoms with E-state index in [2.05, 4.69) is 20.4 Å². The first-order chi connectivity index (χ1) is 9.94. The maximum absolute atomic E-state index is 11.8. The van der Waals surface area contributed by atoms with Gasteiger partial charge in [-0.15, -0.1) is 0 Å². The van der Waals surface area contributed by atoms with Gasteiger partial charge in [0, 0.05) is 5.41 Å². The highest BCUT2D eigenvalue weighted by Gasteiger charge is 2.63. The molecule has 5 rings (SSSR count). The van der Waals surface area contributed by atoms with Crippen molar-refractivity contribution in [3.05, 3.63) is 12.2 Å². The van der Waals surface area contributed by atoms with E-state index in [9.17, 15) is 4.79 Å². The Kier molecular flexibility index (Phi) is 2.83. The molecule has 0 aromatic carbocycles. The fourth-order valence-electron chi connectivity index (χ4n) is 7.42. The summed E-state index contributed by atoms with van der Waals surface area (Å²) in [5.41, 5.74) is 2.46. The molecular formula is C20H30O. The summed E-state index contributed by atoms with van der Waals surface area (Å²) in [5, 5.41) is 0. The van der Waals surface area contributed by atoms with Crippen molar-refractivity contribution < 1.29 is 4.79 Å². The number of allylic oxidation sites excluding steroid dienone is 1. The van der Waals surface area contributed by atoms with Crippen molar-refractivity contribution in [2.45, 2.75) is 71.6 Å². The van der Waals surface area contributed by atoms with Crippen LogP contribution in [0.25, 0.3) is 0 Å². The van der Waals surface area contributed by atoms with Crippen LogP contribution in [0, 0.1) is 34.0 Å². The van der Waals surface area contributed by atoms with Crippen LogP contribution in [-0.4, -0.2) is 6.29 Å². The Bertz CT molecular complexity index is 494. The maximum atomic E-state index is 11.8. The van der Waals surface area contributed by atoms with Gasteiger partial charge >= 0.3 is 0 Å². The zero-order chi connectivity index (χ0) is 14.9. The molecule has 0 radical (unpaired) electrons. The van der Waals surface area contributed by atoms with E-state index >= 15 is 0 Å². The van der Waals surface area contributed by atoms with Crippen molar-refractivity contribution >= 4 is 6.29 Å². The molecule has 1 spiro atoms. The minimum absolute atomic E-state index is 0.0533. The third-order valence-corrected chi connectivity index (χ3v) is 8.43. The van der Waals surface area contributed by atoms with Crippen LogP contribution >= 0.6 is 0 Å². The Morgan fingerprint density at radius 3 is 2.57 bits per heavy atom. The Labute approximate surface area is 129 Å². The average molecular weight is 286 g/mol. The molecule has 1 heteroatoms. The monoisotopic (exact) mass is 286 g/mol. The molecular weight excluding hydrogens is 256 g/mol. The van der Waals surface area contributed by atoms with Gasteiger partial charge in [-0.2, -0.15) is 0 Å². The quantitative estimate of drug-likeness (QED) is 0.481. The first-order valence-corrected chi connectivity index (χ1v) is 9.08. The third kappa shape index (κ3) is 1.67. The van der Waals surface area contributed by atoms with Crippen LogP contribution in [0.2, 0.25) is 0 Å². The van der Waals surface area contributed by atoms with Crippen molar-refractivity contribution in [2.24, 2.45) is 34.0 Å². The zero-order valence-corrected chi connectivity index (χ0v) is 13.8. The molecule has 5 saturated carbocycles. The Balaban J connectivity index is 1.75. The minimum Gasteiger partial charge on any atom is -0.303 e. The van der Waals surface area contributed by atoms with E-state index in [1.165, 1.54) is 57.7 Å². The molecule has 5 fully saturated rings. The van der Waals surface area contributed by atoms with Crippen molar-refractivity contribution in [2.75, 3.05) is 0 Å². The summed E-state index contributed by atoms with van der Waals surface area (Å²) in [7, 11) is 0. The summed E-state index contributed by atoms with van der Waals surface area (Å²) < 4.78 is 0. The predicted octanol–water partition coefficient (Wildman–Crippen LogP) is 5.15. The van der Waals surface area contributed by atoms with Gasteiger partial charge in [-0.05, 0) is 80.0 Å². The number of rotatable bonds is 1. The van der Waals surface area contributed by atoms with E-state index < -0.39 is 0 Å². The van der Waals surface area contributed by atoms with Crippen LogP contribution in [0.4, 0.5) is 0 Å². The van der Waals surface area contributed by atoms with Crippen molar-refractivity contribution in [3.8, 4) is 0 Å². The topological polar surface area (TPSA) is 17.1 Å². The standard InChI is InChI=1S/C20H30O/c1-14-12-20-9-5-15(14)11-17(20)19(3)8-4-7-18(2,13-21)16(19)6-10-20/h13,15-17H,1,4-12H2,2-3H3/t15-,16+,17-,18-,19+,20+/m0/s1. The molecule has 0 aliphatic heterocycles. The van der Waals surface area contributed by atoms with Gasteiger partial charge in [0.25, 0.3) is 0 Å². The lowest BCUT2D eigenvalue weighted by atomic mass is 9.37. The van der Waals surface area contributed by atoms with E-state index in [1.807, 2.05) is 0 Å². The van der Waals surface area contributed by atoms with Crippen molar-refractivity contribution in [1.82, 2.24) is 0 Å². The highest BCUT2D eigenvalue weighted by atomic mass is 16.1. The van der Waals surface area contributed by atoms with E-state index in [-0.39, 0.29) is 5.41 Å². The van der Waals surface area contributed by atoms with Crippen molar-refractivity contribution in [1.29, 1.82) is 0 Å². The smallest absolute Gasteiger partial charge is 0.126 e. The number of carbonyl (C=O) groups is 1. The summed E-state index contributed by atoms with van der Waals surface area (Å²) in [4.78, 5) is 11.8. The molecule has 21 heavy (non-hydrogen) atoms. The van der Waals surface area contributed by atoms with Crippen LogP contribution in [-0.2, 0) is 4.79 Å². The minimum atomic E-state index is -0.0533. The van der Waals surface area contributed by atoms with E-state index in [1.54, 1.807) is 5.57 Å².